The molecule has 4 aromatic rings. The predicted molar refractivity (Wildman–Crippen MR) is 99.6 cm³/mol. The zero-order valence-corrected chi connectivity index (χ0v) is 14.7. The minimum Gasteiger partial charge on any atom is -0.487 e. The minimum absolute atomic E-state index is 0.195. The zero-order chi connectivity index (χ0) is 18.1. The molecule has 0 aliphatic carbocycles. The second-order valence-electron chi connectivity index (χ2n) is 5.82. The molecule has 7 heteroatoms. The average Bonchev–Trinajstić information content (AvgIpc) is 3.08. The molecule has 1 N–H and O–H groups in total. The summed E-state index contributed by atoms with van der Waals surface area (Å²) in [5.74, 6) is 1.53. The van der Waals surface area contributed by atoms with Gasteiger partial charge in [0.2, 0.25) is 5.78 Å². The van der Waals surface area contributed by atoms with Crippen LogP contribution in [0.4, 0.5) is 0 Å². The minimum atomic E-state index is -0.269. The van der Waals surface area contributed by atoms with Gasteiger partial charge in [-0.25, -0.2) is 0 Å². The lowest BCUT2D eigenvalue weighted by Gasteiger charge is -2.09. The molecule has 0 unspecified atom stereocenters. The van der Waals surface area contributed by atoms with Gasteiger partial charge in [-0.2, -0.15) is 9.50 Å². The molecule has 0 aliphatic heterocycles. The van der Waals surface area contributed by atoms with E-state index in [4.69, 9.17) is 16.3 Å². The molecule has 0 amide bonds. The van der Waals surface area contributed by atoms with Crippen molar-refractivity contribution in [1.82, 2.24) is 19.6 Å². The summed E-state index contributed by atoms with van der Waals surface area (Å²) in [5, 5.41) is 4.91. The van der Waals surface area contributed by atoms with Crippen molar-refractivity contribution in [3.8, 4) is 17.1 Å². The second kappa shape index (κ2) is 6.65. The molecule has 0 saturated heterocycles. The van der Waals surface area contributed by atoms with Crippen molar-refractivity contribution in [2.45, 2.75) is 13.5 Å². The SMILES string of the molecule is Cc1c(Cl)cccc1OCc1cc(=O)n2nc(-c3ccccc3)nc2[nH]1. The Hall–Kier alpha value is -3.12. The molecule has 0 bridgehead atoms. The summed E-state index contributed by atoms with van der Waals surface area (Å²) in [6.45, 7) is 2.08. The van der Waals surface area contributed by atoms with E-state index in [9.17, 15) is 4.79 Å². The van der Waals surface area contributed by atoms with E-state index in [1.807, 2.05) is 49.4 Å². The van der Waals surface area contributed by atoms with E-state index >= 15 is 0 Å². The number of nitrogens with one attached hydrogen (secondary N) is 1. The first kappa shape index (κ1) is 16.4. The van der Waals surface area contributed by atoms with Gasteiger partial charge in [0.15, 0.2) is 5.82 Å². The summed E-state index contributed by atoms with van der Waals surface area (Å²) in [6.07, 6.45) is 0. The van der Waals surface area contributed by atoms with Crippen molar-refractivity contribution < 1.29 is 4.74 Å². The second-order valence-corrected chi connectivity index (χ2v) is 6.23. The van der Waals surface area contributed by atoms with Gasteiger partial charge in [0.05, 0.1) is 5.69 Å². The number of aromatic nitrogens is 4. The third-order valence-electron chi connectivity index (χ3n) is 4.02. The van der Waals surface area contributed by atoms with E-state index < -0.39 is 0 Å². The highest BCUT2D eigenvalue weighted by Gasteiger charge is 2.11. The molecule has 0 spiro atoms. The van der Waals surface area contributed by atoms with Crippen molar-refractivity contribution in [3.05, 3.63) is 81.2 Å². The van der Waals surface area contributed by atoms with Crippen LogP contribution < -0.4 is 10.3 Å². The highest BCUT2D eigenvalue weighted by Crippen LogP contribution is 2.25. The van der Waals surface area contributed by atoms with E-state index in [1.165, 1.54) is 10.6 Å². The van der Waals surface area contributed by atoms with E-state index in [0.717, 1.165) is 11.1 Å². The van der Waals surface area contributed by atoms with Crippen molar-refractivity contribution in [2.75, 3.05) is 0 Å². The lowest BCUT2D eigenvalue weighted by molar-refractivity contribution is 0.299. The first-order valence-electron chi connectivity index (χ1n) is 8.04. The molecule has 0 aliphatic rings. The van der Waals surface area contributed by atoms with E-state index in [2.05, 4.69) is 15.1 Å². The zero-order valence-electron chi connectivity index (χ0n) is 13.9. The van der Waals surface area contributed by atoms with Crippen LogP contribution in [0.2, 0.25) is 5.02 Å². The summed E-state index contributed by atoms with van der Waals surface area (Å²) in [4.78, 5) is 19.8. The van der Waals surface area contributed by atoms with Gasteiger partial charge in [-0.1, -0.05) is 48.0 Å². The normalized spacial score (nSPS) is 11.0. The summed E-state index contributed by atoms with van der Waals surface area (Å²) >= 11 is 6.10. The van der Waals surface area contributed by atoms with Gasteiger partial charge < -0.3 is 9.72 Å². The molecular weight excluding hydrogens is 352 g/mol. The Morgan fingerprint density at radius 3 is 2.77 bits per heavy atom. The van der Waals surface area contributed by atoms with Crippen LogP contribution in [0.3, 0.4) is 0 Å². The molecular formula is C19H15ClN4O2. The van der Waals surface area contributed by atoms with Gasteiger partial charge in [0, 0.05) is 22.2 Å². The number of halogens is 1. The maximum Gasteiger partial charge on any atom is 0.276 e. The van der Waals surface area contributed by atoms with Crippen molar-refractivity contribution in [1.29, 1.82) is 0 Å². The Kier molecular flexibility index (Phi) is 4.18. The van der Waals surface area contributed by atoms with Crippen molar-refractivity contribution in [3.63, 3.8) is 0 Å². The number of ether oxygens (including phenoxy) is 1. The maximum absolute atomic E-state index is 12.3. The number of aromatic amines is 1. The molecule has 6 nitrogen and oxygen atoms in total. The summed E-state index contributed by atoms with van der Waals surface area (Å²) < 4.78 is 7.03. The van der Waals surface area contributed by atoms with Crippen LogP contribution in [0.1, 0.15) is 11.3 Å². The molecule has 2 aromatic heterocycles. The van der Waals surface area contributed by atoms with Crippen LogP contribution in [0, 0.1) is 6.92 Å². The number of fused-ring (bicyclic) bond motifs is 1. The van der Waals surface area contributed by atoms with Crippen LogP contribution in [-0.4, -0.2) is 19.6 Å². The molecule has 26 heavy (non-hydrogen) atoms. The van der Waals surface area contributed by atoms with Crippen molar-refractivity contribution >= 4 is 17.4 Å². The third kappa shape index (κ3) is 3.07. The summed E-state index contributed by atoms with van der Waals surface area (Å²) in [6, 6.07) is 16.4. The highest BCUT2D eigenvalue weighted by atomic mass is 35.5. The first-order valence-corrected chi connectivity index (χ1v) is 8.42. The fraction of sp³-hybridized carbons (Fsp3) is 0.105. The average molecular weight is 367 g/mol. The molecule has 0 atom stereocenters. The first-order chi connectivity index (χ1) is 12.6. The molecule has 4 rings (SSSR count). The van der Waals surface area contributed by atoms with Crippen molar-refractivity contribution in [2.24, 2.45) is 0 Å². The Labute approximate surface area is 154 Å². The van der Waals surface area contributed by atoms with Gasteiger partial charge in [-0.15, -0.1) is 5.10 Å². The number of rotatable bonds is 4. The van der Waals surface area contributed by atoms with Crippen LogP contribution in [0.25, 0.3) is 17.2 Å². The molecule has 0 radical (unpaired) electrons. The molecule has 0 fully saturated rings. The van der Waals surface area contributed by atoms with Gasteiger partial charge in [0.1, 0.15) is 12.4 Å². The van der Waals surface area contributed by atoms with E-state index in [0.29, 0.717) is 28.1 Å². The van der Waals surface area contributed by atoms with Gasteiger partial charge in [-0.3, -0.25) is 4.79 Å². The molecule has 2 heterocycles. The number of nitrogens with zero attached hydrogens (tertiary/aromatic N) is 3. The van der Waals surface area contributed by atoms with E-state index in [1.54, 1.807) is 6.07 Å². The van der Waals surface area contributed by atoms with E-state index in [-0.39, 0.29) is 12.2 Å². The van der Waals surface area contributed by atoms with Crippen LogP contribution in [0.5, 0.6) is 5.75 Å². The predicted octanol–water partition coefficient (Wildman–Crippen LogP) is 3.63. The summed E-state index contributed by atoms with van der Waals surface area (Å²) in [7, 11) is 0. The fourth-order valence-corrected chi connectivity index (χ4v) is 2.79. The maximum atomic E-state index is 12.3. The Balaban J connectivity index is 1.65. The lowest BCUT2D eigenvalue weighted by Crippen LogP contribution is -2.16. The number of hydrogen-bond acceptors (Lipinski definition) is 4. The Morgan fingerprint density at radius 1 is 1.15 bits per heavy atom. The number of benzene rings is 2. The van der Waals surface area contributed by atoms with Crippen LogP contribution in [0.15, 0.2) is 59.4 Å². The van der Waals surface area contributed by atoms with Crippen LogP contribution in [-0.2, 0) is 6.61 Å². The van der Waals surface area contributed by atoms with Gasteiger partial charge in [0.25, 0.3) is 5.56 Å². The molecule has 0 saturated carbocycles. The smallest absolute Gasteiger partial charge is 0.276 e. The molecule has 130 valence electrons. The van der Waals surface area contributed by atoms with Gasteiger partial charge >= 0.3 is 0 Å². The summed E-state index contributed by atoms with van der Waals surface area (Å²) in [5.41, 5.74) is 2.03. The topological polar surface area (TPSA) is 72.3 Å². The van der Waals surface area contributed by atoms with Crippen LogP contribution >= 0.6 is 11.6 Å². The lowest BCUT2D eigenvalue weighted by atomic mass is 10.2. The molecule has 2 aromatic carbocycles. The fourth-order valence-electron chi connectivity index (χ4n) is 2.62. The number of H-pyrrole nitrogens is 1. The Bertz CT molecular complexity index is 1140. The quantitative estimate of drug-likeness (QED) is 0.598. The largest absolute Gasteiger partial charge is 0.487 e. The Morgan fingerprint density at radius 2 is 1.96 bits per heavy atom. The highest BCUT2D eigenvalue weighted by molar-refractivity contribution is 6.31. The standard InChI is InChI=1S/C19H15ClN4O2/c1-12-15(20)8-5-9-16(12)26-11-14-10-17(25)24-19(21-14)22-18(23-24)13-6-3-2-4-7-13/h2-10H,11H2,1H3,(H,21,22,23). The monoisotopic (exact) mass is 366 g/mol. The third-order valence-corrected chi connectivity index (χ3v) is 4.43. The number of hydrogen-bond donors (Lipinski definition) is 1. The van der Waals surface area contributed by atoms with Gasteiger partial charge in [-0.05, 0) is 19.1 Å².